The lowest BCUT2D eigenvalue weighted by Gasteiger charge is -2.37. The first-order chi connectivity index (χ1) is 9.25. The van der Waals surface area contributed by atoms with Crippen LogP contribution < -0.4 is 0 Å². The summed E-state index contributed by atoms with van der Waals surface area (Å²) in [6.07, 6.45) is -1.75. The van der Waals surface area contributed by atoms with Crippen molar-refractivity contribution in [1.82, 2.24) is 8.61 Å². The minimum absolute atomic E-state index is 0.175. The zero-order valence-corrected chi connectivity index (χ0v) is 11.8. The average molecular weight is 316 g/mol. The zero-order valence-electron chi connectivity index (χ0n) is 11.0. The summed E-state index contributed by atoms with van der Waals surface area (Å²) in [6, 6.07) is -1.16. The molecule has 5 nitrogen and oxygen atoms in total. The Morgan fingerprint density at radius 3 is 2.35 bits per heavy atom. The summed E-state index contributed by atoms with van der Waals surface area (Å²) >= 11 is 0. The molecule has 1 heterocycles. The maximum atomic E-state index is 12.6. The van der Waals surface area contributed by atoms with Crippen molar-refractivity contribution in [1.29, 1.82) is 0 Å². The number of alkyl halides is 3. The van der Waals surface area contributed by atoms with Crippen molar-refractivity contribution in [3.63, 3.8) is 0 Å². The second kappa shape index (κ2) is 5.78. The Kier molecular flexibility index (Phi) is 4.63. The Labute approximate surface area is 116 Å². The molecular formula is C11H19F3N2O3S. The fraction of sp³-hybridized carbons (Fsp3) is 1.00. The molecule has 1 aliphatic heterocycles. The molecule has 1 saturated carbocycles. The van der Waals surface area contributed by atoms with Crippen LogP contribution in [0.4, 0.5) is 13.2 Å². The molecule has 1 N–H and O–H groups in total. The highest BCUT2D eigenvalue weighted by Gasteiger charge is 2.47. The van der Waals surface area contributed by atoms with E-state index in [1.54, 1.807) is 0 Å². The summed E-state index contributed by atoms with van der Waals surface area (Å²) < 4.78 is 64.3. The highest BCUT2D eigenvalue weighted by Crippen LogP contribution is 2.35. The minimum atomic E-state index is -4.56. The largest absolute Gasteiger partial charge is 0.402 e. The number of aliphatic hydroxyl groups excluding tert-OH is 1. The number of aliphatic hydroxyl groups is 1. The Bertz CT molecular complexity index is 437. The van der Waals surface area contributed by atoms with Crippen LogP contribution in [-0.2, 0) is 10.2 Å². The van der Waals surface area contributed by atoms with Crippen LogP contribution in [-0.4, -0.2) is 60.1 Å². The van der Waals surface area contributed by atoms with Crippen LogP contribution in [0, 0.1) is 0 Å². The highest BCUT2D eigenvalue weighted by atomic mass is 32.2. The molecule has 0 bridgehead atoms. The summed E-state index contributed by atoms with van der Waals surface area (Å²) in [7, 11) is -4.17. The second-order valence-corrected chi connectivity index (χ2v) is 7.18. The van der Waals surface area contributed by atoms with Crippen molar-refractivity contribution in [3.05, 3.63) is 0 Å². The third-order valence-electron chi connectivity index (χ3n) is 3.67. The van der Waals surface area contributed by atoms with Crippen LogP contribution in [0.5, 0.6) is 0 Å². The zero-order chi connectivity index (χ0) is 15.0. The van der Waals surface area contributed by atoms with Gasteiger partial charge in [-0.15, -0.1) is 0 Å². The summed E-state index contributed by atoms with van der Waals surface area (Å²) in [5, 5.41) is 9.25. The number of hydrogen-bond acceptors (Lipinski definition) is 3. The second-order valence-electron chi connectivity index (χ2n) is 5.34. The van der Waals surface area contributed by atoms with Crippen LogP contribution in [0.15, 0.2) is 0 Å². The molecular weight excluding hydrogens is 297 g/mol. The van der Waals surface area contributed by atoms with Gasteiger partial charge in [0.2, 0.25) is 0 Å². The van der Waals surface area contributed by atoms with Gasteiger partial charge in [0.05, 0.1) is 6.61 Å². The van der Waals surface area contributed by atoms with Gasteiger partial charge < -0.3 is 5.11 Å². The Morgan fingerprint density at radius 2 is 1.85 bits per heavy atom. The standard InChI is InChI=1S/C11H19F3N2O3S/c12-11(13,14)8-16(9-4-5-9)20(18,19)15-6-2-1-3-10(15)7-17/h9-10,17H,1-8H2. The molecule has 1 atom stereocenters. The van der Waals surface area contributed by atoms with Crippen LogP contribution in [0.25, 0.3) is 0 Å². The normalized spacial score (nSPS) is 26.1. The topological polar surface area (TPSA) is 60.9 Å². The van der Waals surface area contributed by atoms with E-state index >= 15 is 0 Å². The number of rotatable bonds is 5. The van der Waals surface area contributed by atoms with E-state index in [0.717, 1.165) is 10.7 Å². The molecule has 20 heavy (non-hydrogen) atoms. The van der Waals surface area contributed by atoms with Crippen molar-refractivity contribution < 1.29 is 26.7 Å². The lowest BCUT2D eigenvalue weighted by Crippen LogP contribution is -2.54. The molecule has 118 valence electrons. The quantitative estimate of drug-likeness (QED) is 0.826. The van der Waals surface area contributed by atoms with Gasteiger partial charge in [0, 0.05) is 18.6 Å². The first-order valence-electron chi connectivity index (χ1n) is 6.72. The van der Waals surface area contributed by atoms with E-state index in [1.807, 2.05) is 0 Å². The molecule has 1 saturated heterocycles. The van der Waals surface area contributed by atoms with Crippen LogP contribution >= 0.6 is 0 Å². The van der Waals surface area contributed by atoms with E-state index in [1.165, 1.54) is 0 Å². The van der Waals surface area contributed by atoms with E-state index < -0.39 is 35.0 Å². The minimum Gasteiger partial charge on any atom is -0.395 e. The predicted octanol–water partition coefficient (Wildman–Crippen LogP) is 1.10. The van der Waals surface area contributed by atoms with Gasteiger partial charge >= 0.3 is 6.18 Å². The smallest absolute Gasteiger partial charge is 0.395 e. The van der Waals surface area contributed by atoms with Gasteiger partial charge in [-0.25, -0.2) is 0 Å². The van der Waals surface area contributed by atoms with E-state index in [4.69, 9.17) is 0 Å². The van der Waals surface area contributed by atoms with Crippen molar-refractivity contribution in [2.24, 2.45) is 0 Å². The van der Waals surface area contributed by atoms with Gasteiger partial charge in [0.1, 0.15) is 6.54 Å². The molecule has 0 radical (unpaired) electrons. The maximum Gasteiger partial charge on any atom is 0.402 e. The average Bonchev–Trinajstić information content (AvgIpc) is 3.19. The molecule has 0 amide bonds. The summed E-state index contributed by atoms with van der Waals surface area (Å²) in [4.78, 5) is 0. The Hall–Kier alpha value is -0.380. The lowest BCUT2D eigenvalue weighted by molar-refractivity contribution is -0.137. The molecule has 0 aromatic rings. The van der Waals surface area contributed by atoms with Crippen molar-refractivity contribution in [2.75, 3.05) is 19.7 Å². The van der Waals surface area contributed by atoms with Gasteiger partial charge in [-0.05, 0) is 25.7 Å². The molecule has 0 aromatic carbocycles. The molecule has 1 unspecified atom stereocenters. The SMILES string of the molecule is O=S(=O)(N1CCCCC1CO)N(CC(F)(F)F)C1CC1. The predicted molar refractivity (Wildman–Crippen MR) is 66.1 cm³/mol. The van der Waals surface area contributed by atoms with Gasteiger partial charge in [0.15, 0.2) is 0 Å². The van der Waals surface area contributed by atoms with Crippen LogP contribution in [0.2, 0.25) is 0 Å². The molecule has 0 aromatic heterocycles. The van der Waals surface area contributed by atoms with E-state index in [2.05, 4.69) is 0 Å². The lowest BCUT2D eigenvalue weighted by atomic mass is 10.1. The van der Waals surface area contributed by atoms with E-state index in [0.29, 0.717) is 30.0 Å². The van der Waals surface area contributed by atoms with Crippen LogP contribution in [0.1, 0.15) is 32.1 Å². The summed E-state index contributed by atoms with van der Waals surface area (Å²) in [6.45, 7) is -1.63. The number of piperidine rings is 1. The molecule has 2 rings (SSSR count). The number of hydrogen-bond donors (Lipinski definition) is 1. The van der Waals surface area contributed by atoms with Crippen molar-refractivity contribution in [2.45, 2.75) is 50.4 Å². The van der Waals surface area contributed by atoms with E-state index in [9.17, 15) is 26.7 Å². The number of halogens is 3. The van der Waals surface area contributed by atoms with Gasteiger partial charge in [-0.2, -0.15) is 30.2 Å². The van der Waals surface area contributed by atoms with E-state index in [-0.39, 0.29) is 13.2 Å². The fourth-order valence-corrected chi connectivity index (χ4v) is 4.61. The summed E-state index contributed by atoms with van der Waals surface area (Å²) in [5.41, 5.74) is 0. The summed E-state index contributed by atoms with van der Waals surface area (Å²) in [5.74, 6) is 0. The Balaban J connectivity index is 2.21. The maximum absolute atomic E-state index is 12.6. The molecule has 0 spiro atoms. The molecule has 1 aliphatic carbocycles. The van der Waals surface area contributed by atoms with Crippen LogP contribution in [0.3, 0.4) is 0 Å². The molecule has 2 fully saturated rings. The van der Waals surface area contributed by atoms with Gasteiger partial charge in [0.25, 0.3) is 10.2 Å². The van der Waals surface area contributed by atoms with Gasteiger partial charge in [-0.3, -0.25) is 0 Å². The first kappa shape index (κ1) is 16.0. The third kappa shape index (κ3) is 3.63. The first-order valence-corrected chi connectivity index (χ1v) is 8.11. The highest BCUT2D eigenvalue weighted by molar-refractivity contribution is 7.86. The monoisotopic (exact) mass is 316 g/mol. The third-order valence-corrected chi connectivity index (χ3v) is 5.76. The van der Waals surface area contributed by atoms with Crippen molar-refractivity contribution in [3.8, 4) is 0 Å². The number of nitrogens with zero attached hydrogens (tertiary/aromatic N) is 2. The fourth-order valence-electron chi connectivity index (χ4n) is 2.53. The van der Waals surface area contributed by atoms with Gasteiger partial charge in [-0.1, -0.05) is 6.42 Å². The molecule has 9 heteroatoms. The Morgan fingerprint density at radius 1 is 1.20 bits per heavy atom. The molecule has 2 aliphatic rings. The van der Waals surface area contributed by atoms with Crippen molar-refractivity contribution >= 4 is 10.2 Å².